The number of nitrogens with one attached hydrogen (secondary N) is 15. The quantitative estimate of drug-likeness (QED) is 0.0831. The molecule has 13 rings (SSSR count). The summed E-state index contributed by atoms with van der Waals surface area (Å²) in [6.07, 6.45) is 1.52. The molecule has 0 unspecified atom stereocenters. The number of tetrazole rings is 1. The molecule has 0 amide bonds. The molecule has 2 aliphatic heterocycles. The van der Waals surface area contributed by atoms with Gasteiger partial charge < -0.3 is 31.6 Å². The summed E-state index contributed by atoms with van der Waals surface area (Å²) in [5.41, 5.74) is 1.75. The molecule has 0 saturated carbocycles. The lowest BCUT2D eigenvalue weighted by Gasteiger charge is -1.88. The van der Waals surface area contributed by atoms with Gasteiger partial charge >= 0.3 is 54.1 Å². The zero-order valence-corrected chi connectivity index (χ0v) is 54.7. The van der Waals surface area contributed by atoms with E-state index >= 15 is 0 Å². The Morgan fingerprint density at radius 1 is 0.587 bits per heavy atom. The van der Waals surface area contributed by atoms with Crippen LogP contribution < -0.4 is 60.4 Å². The molecular formula is C40H58N26O20S6. The normalized spacial score (nSPS) is 11.8. The van der Waals surface area contributed by atoms with E-state index < -0.39 is 37.8 Å². The van der Waals surface area contributed by atoms with E-state index in [4.69, 9.17) is 4.42 Å². The van der Waals surface area contributed by atoms with Crippen molar-refractivity contribution >= 4 is 79.0 Å². The average Bonchev–Trinajstić information content (AvgIpc) is 3.50. The van der Waals surface area contributed by atoms with Gasteiger partial charge in [0.05, 0.1) is 0 Å². The van der Waals surface area contributed by atoms with Gasteiger partial charge in [-0.05, 0) is 86.1 Å². The first-order valence-electron chi connectivity index (χ1n) is 24.1. The highest BCUT2D eigenvalue weighted by Crippen LogP contribution is 1.99. The maximum atomic E-state index is 10.2. The number of rotatable bonds is 0. The van der Waals surface area contributed by atoms with Crippen molar-refractivity contribution in [1.29, 1.82) is 0 Å². The second kappa shape index (κ2) is 41.3. The fourth-order valence-electron chi connectivity index (χ4n) is 4.27. The third kappa shape index (κ3) is 41.2. The molecule has 0 aliphatic carbocycles. The molecule has 2 aliphatic rings. The fourth-order valence-corrected chi connectivity index (χ4v) is 7.05. The number of amidine groups is 1. The minimum Gasteiger partial charge on any atom is -0.414 e. The van der Waals surface area contributed by atoms with E-state index in [1.807, 2.05) is 19.0 Å². The van der Waals surface area contributed by atoms with Crippen molar-refractivity contribution in [3.05, 3.63) is 184 Å². The molecule has 52 heteroatoms. The fraction of sp³-hybridized carbons (Fsp3) is 0.325. The smallest absolute Gasteiger partial charge is 0.414 e. The highest BCUT2D eigenvalue weighted by molar-refractivity contribution is 7.85. The number of hydrazone groups is 1. The maximum absolute atomic E-state index is 10.2. The van der Waals surface area contributed by atoms with Crippen molar-refractivity contribution < 1.29 is 47.6 Å². The third-order valence-electron chi connectivity index (χ3n) is 7.56. The van der Waals surface area contributed by atoms with Gasteiger partial charge in [-0.3, -0.25) is 43.0 Å². The van der Waals surface area contributed by atoms with Crippen LogP contribution in [0.5, 0.6) is 0 Å². The Kier molecular flexibility index (Phi) is 35.5. The molecule has 11 aromatic rings. The van der Waals surface area contributed by atoms with Crippen LogP contribution in [0.1, 0.15) is 75.3 Å². The number of hydrogen-bond acceptors (Lipinski definition) is 35. The Morgan fingerprint density at radius 2 is 1.27 bits per heavy atom. The summed E-state index contributed by atoms with van der Waals surface area (Å²) < 4.78 is 79.4. The molecule has 0 spiro atoms. The largest absolute Gasteiger partial charge is 0.434 e. The van der Waals surface area contributed by atoms with Gasteiger partial charge in [-0.1, -0.05) is 28.1 Å². The number of oxazole rings is 1. The molecule has 13 heterocycles. The monoisotopic (exact) mass is 1410 g/mol. The predicted octanol–water partition coefficient (Wildman–Crippen LogP) is -0.745. The van der Waals surface area contributed by atoms with Gasteiger partial charge in [0.25, 0.3) is 21.5 Å². The lowest BCUT2D eigenvalue weighted by Crippen LogP contribution is -2.13. The molecule has 0 fully saturated rings. The molecule has 92 heavy (non-hydrogen) atoms. The van der Waals surface area contributed by atoms with Crippen LogP contribution in [0.25, 0.3) is 0 Å². The van der Waals surface area contributed by atoms with Crippen LogP contribution in [0.15, 0.2) is 99.3 Å². The minimum absolute atomic E-state index is 0.00231. The van der Waals surface area contributed by atoms with E-state index in [1.165, 1.54) is 55.2 Å². The zero-order chi connectivity index (χ0) is 69.6. The number of aryl methyl sites for hydroxylation is 11. The predicted molar refractivity (Wildman–Crippen MR) is 324 cm³/mol. The number of hydrogen-bond donors (Lipinski definition) is 15. The van der Waals surface area contributed by atoms with Crippen molar-refractivity contribution in [2.45, 2.75) is 90.0 Å². The lowest BCUT2D eigenvalue weighted by molar-refractivity contribution is 0.281. The minimum atomic E-state index is -3.62. The van der Waals surface area contributed by atoms with Crippen LogP contribution in [-0.4, -0.2) is 139 Å². The summed E-state index contributed by atoms with van der Waals surface area (Å²) in [7, 11) is -7.17. The van der Waals surface area contributed by atoms with E-state index in [2.05, 4.69) is 159 Å². The van der Waals surface area contributed by atoms with Gasteiger partial charge in [0.2, 0.25) is 23.6 Å². The van der Waals surface area contributed by atoms with E-state index in [-0.39, 0.29) is 44.7 Å². The Balaban J connectivity index is 0.000000499. The summed E-state index contributed by atoms with van der Waals surface area (Å²) in [5, 5.41) is 49.9. The highest BCUT2D eigenvalue weighted by atomic mass is 32.2. The van der Waals surface area contributed by atoms with Crippen molar-refractivity contribution in [1.82, 2.24) is 121 Å². The first kappa shape index (κ1) is 79.0. The Hall–Kier alpha value is -11.0. The lowest BCUT2D eigenvalue weighted by atomic mass is 10.5. The molecule has 0 atom stereocenters. The maximum Gasteiger partial charge on any atom is 0.434 e. The summed E-state index contributed by atoms with van der Waals surface area (Å²) in [5.74, 6) is 3.31. The zero-order valence-electron chi connectivity index (χ0n) is 49.8. The first-order valence-corrected chi connectivity index (χ1v) is 29.7. The van der Waals surface area contributed by atoms with Gasteiger partial charge in [-0.15, -0.1) is 34.2 Å². The number of nitrogens with zero attached hydrogens (tertiary/aromatic N) is 11. The molecule has 0 bridgehead atoms. The second-order valence-electron chi connectivity index (χ2n) is 15.8. The second-order valence-corrected chi connectivity index (χ2v) is 21.9. The van der Waals surface area contributed by atoms with Gasteiger partial charge in [-0.25, -0.2) is 49.8 Å². The van der Waals surface area contributed by atoms with E-state index in [0.29, 0.717) is 45.7 Å². The molecule has 11 aromatic heterocycles. The van der Waals surface area contributed by atoms with Crippen LogP contribution in [0.3, 0.4) is 0 Å². The molecular weight excluding hydrogens is 1360 g/mol. The van der Waals surface area contributed by atoms with Gasteiger partial charge in [0.15, 0.2) is 5.82 Å². The number of aromatic nitrogens is 22. The van der Waals surface area contributed by atoms with Crippen molar-refractivity contribution in [2.24, 2.45) is 9.50 Å². The number of aromatic amines is 13. The van der Waals surface area contributed by atoms with Crippen LogP contribution in [0.4, 0.5) is 0 Å². The molecule has 0 radical (unpaired) electrons. The van der Waals surface area contributed by atoms with Crippen molar-refractivity contribution in [3.8, 4) is 0 Å². The van der Waals surface area contributed by atoms with Gasteiger partial charge in [0, 0.05) is 62.7 Å². The number of hydroxylamine groups is 1. The molecule has 0 aromatic carbocycles. The van der Waals surface area contributed by atoms with Crippen LogP contribution in [0, 0.1) is 81.0 Å². The average molecular weight is 1420 g/mol. The molecule has 0 saturated heterocycles. The Labute approximate surface area is 528 Å². The van der Waals surface area contributed by atoms with E-state index in [1.54, 1.807) is 73.2 Å². The standard InChI is InChI=1S/C4H6N2O.2C4H5NO2.C4H5NOS.C3H5N3O.2C3H4N2O2.3C3H4N2OS.C2H4N4.2C2H4N2O3S/c1-3-2-4(7)6-5-3;1-3-2-5-4(6)7-3;2*1-3-2-4(6)5-7-3;1-2-4-3(7)6-5-2;1-2-4-5-3(6)7-2;1-2-4-3(6)5-7-2;1-2-4-5-3(6)7-2;1-2-4-5-3(7)6-2;1-2-4-3(6)5-7-2;1-2-3-5-6-4-2;1-2-3-4-8(5,6)7-2;1-2-3-7-8(5,6)4-2/h2H,1H3,(H2,5,6,7);3*2H,1H3,(H,5,6);1H3,(H2,4,5,6,7);3*1H3,(H,5,6);1H3,(H,5,7);1H3,(H,5,6);1H3,(H,3,4,5,6);4H,1H3;1H3,(H,3,4). The van der Waals surface area contributed by atoms with Crippen LogP contribution >= 0.6 is 46.6 Å². The Bertz CT molecular complexity index is 3970. The highest BCUT2D eigenvalue weighted by Gasteiger charge is 2.18. The van der Waals surface area contributed by atoms with Crippen molar-refractivity contribution in [3.63, 3.8) is 0 Å². The summed E-state index contributed by atoms with van der Waals surface area (Å²) in [6, 6.07) is 4.46. The number of H-pyrrole nitrogens is 13. The van der Waals surface area contributed by atoms with Gasteiger partial charge in [-0.2, -0.15) is 57.4 Å². The summed E-state index contributed by atoms with van der Waals surface area (Å²) >= 11 is 8.29. The third-order valence-corrected chi connectivity index (χ3v) is 11.4. The van der Waals surface area contributed by atoms with Crippen LogP contribution in [0.2, 0.25) is 0 Å². The summed E-state index contributed by atoms with van der Waals surface area (Å²) in [6.45, 7) is 22.0. The molecule has 46 nitrogen and oxygen atoms in total. The molecule has 15 N–H and O–H groups in total. The summed E-state index contributed by atoms with van der Waals surface area (Å²) in [4.78, 5) is 106. The first-order chi connectivity index (χ1) is 43.0. The van der Waals surface area contributed by atoms with E-state index in [9.17, 15) is 60.0 Å². The van der Waals surface area contributed by atoms with Crippen molar-refractivity contribution in [2.75, 3.05) is 0 Å². The van der Waals surface area contributed by atoms with E-state index in [0.717, 1.165) is 31.9 Å². The SMILES string of the molecule is CC1=NNS(=O)(=O)O1.CC1=NS(=O)(=O)ON1.Cc1c[nH]c(=O)o1.Cc1cc(=O)[nH][nH]1.Cc1cc(=O)[nH]o1.Cc1cc(=O)[nH]s1.Cc1n[nH]c(=O)[nH]1.Cc1n[nH]c(=O)o1.Cc1n[nH]c(=O)s1.Cc1n[nH]c(=S)o1.Cc1nc(=O)[nH]o1.Cc1nc(=O)[nH]s1.Cc1nn[nH]n1. The Morgan fingerprint density at radius 3 is 1.41 bits per heavy atom. The topological polar surface area (TPSA) is 676 Å². The molecule has 504 valence electrons. The van der Waals surface area contributed by atoms with Gasteiger partial charge in [0.1, 0.15) is 33.2 Å². The van der Waals surface area contributed by atoms with Crippen LogP contribution in [-0.2, 0) is 29.1 Å².